The molecule has 2 aromatic carbocycles. The average Bonchev–Trinajstić information content (AvgIpc) is 2.63. The van der Waals surface area contributed by atoms with Crippen molar-refractivity contribution >= 4 is 39.2 Å². The lowest BCUT2D eigenvalue weighted by Crippen LogP contribution is -2.36. The van der Waals surface area contributed by atoms with Gasteiger partial charge in [0.2, 0.25) is 5.75 Å². The van der Waals surface area contributed by atoms with Gasteiger partial charge < -0.3 is 14.7 Å². The lowest BCUT2D eigenvalue weighted by molar-refractivity contribution is -0.385. The van der Waals surface area contributed by atoms with Gasteiger partial charge in [0.05, 0.1) is 23.8 Å². The Balaban J connectivity index is 1.79. The van der Waals surface area contributed by atoms with Gasteiger partial charge in [-0.1, -0.05) is 15.9 Å². The third-order valence-corrected chi connectivity index (χ3v) is 4.32. The number of nitro groups is 1. The fourth-order valence-electron chi connectivity index (χ4n) is 2.56. The third-order valence-electron chi connectivity index (χ3n) is 3.86. The van der Waals surface area contributed by atoms with Crippen LogP contribution in [-0.4, -0.2) is 42.5 Å². The van der Waals surface area contributed by atoms with Crippen LogP contribution in [0, 0.1) is 10.1 Å². The van der Waals surface area contributed by atoms with Crippen molar-refractivity contribution in [1.82, 2.24) is 0 Å². The number of aromatic hydroxyl groups is 1. The molecule has 1 N–H and O–H groups in total. The van der Waals surface area contributed by atoms with Gasteiger partial charge in [-0.15, -0.1) is 0 Å². The molecule has 1 aliphatic rings. The summed E-state index contributed by atoms with van der Waals surface area (Å²) in [6.45, 7) is 3.16. The zero-order chi connectivity index (χ0) is 17.8. The van der Waals surface area contributed by atoms with Gasteiger partial charge in [-0.2, -0.15) is 0 Å². The number of nitro benzene ring substituents is 1. The second-order valence-corrected chi connectivity index (χ2v) is 6.41. The van der Waals surface area contributed by atoms with Crippen LogP contribution in [0.15, 0.2) is 45.9 Å². The minimum absolute atomic E-state index is 0.276. The molecule has 0 aromatic heterocycles. The standard InChI is InChI=1S/C17H16BrN3O4/c18-13-9-12(17(22)16(10-13)21(23)24)11-19-14-1-3-15(4-2-14)20-5-7-25-8-6-20/h1-4,9-11,22H,5-8H2. The molecule has 2 aromatic rings. The van der Waals surface area contributed by atoms with Crippen LogP contribution >= 0.6 is 15.9 Å². The zero-order valence-electron chi connectivity index (χ0n) is 13.3. The van der Waals surface area contributed by atoms with Crippen LogP contribution in [0.1, 0.15) is 5.56 Å². The molecule has 0 unspecified atom stereocenters. The first-order valence-electron chi connectivity index (χ1n) is 7.68. The Hall–Kier alpha value is -2.45. The number of morpholine rings is 1. The molecule has 130 valence electrons. The highest BCUT2D eigenvalue weighted by Gasteiger charge is 2.17. The number of anilines is 1. The third kappa shape index (κ3) is 4.15. The number of benzene rings is 2. The summed E-state index contributed by atoms with van der Waals surface area (Å²) < 4.78 is 5.84. The van der Waals surface area contributed by atoms with Crippen molar-refractivity contribution in [3.8, 4) is 5.75 Å². The largest absolute Gasteiger partial charge is 0.502 e. The van der Waals surface area contributed by atoms with Crippen LogP contribution in [0.3, 0.4) is 0 Å². The molecule has 1 saturated heterocycles. The summed E-state index contributed by atoms with van der Waals surface area (Å²) in [5.41, 5.74) is 1.71. The van der Waals surface area contributed by atoms with E-state index in [4.69, 9.17) is 4.74 Å². The predicted octanol–water partition coefficient (Wildman–Crippen LogP) is 3.65. The molecule has 25 heavy (non-hydrogen) atoms. The smallest absolute Gasteiger partial charge is 0.312 e. The van der Waals surface area contributed by atoms with E-state index in [9.17, 15) is 15.2 Å². The molecule has 0 bridgehead atoms. The summed E-state index contributed by atoms with van der Waals surface area (Å²) in [6.07, 6.45) is 1.41. The van der Waals surface area contributed by atoms with E-state index in [2.05, 4.69) is 25.8 Å². The molecule has 3 rings (SSSR count). The van der Waals surface area contributed by atoms with Crippen LogP contribution in [0.5, 0.6) is 5.75 Å². The van der Waals surface area contributed by atoms with Crippen molar-refractivity contribution in [3.05, 3.63) is 56.5 Å². The maximum absolute atomic E-state index is 11.0. The molecule has 0 radical (unpaired) electrons. The highest BCUT2D eigenvalue weighted by molar-refractivity contribution is 9.10. The Morgan fingerprint density at radius 2 is 1.92 bits per heavy atom. The lowest BCUT2D eigenvalue weighted by atomic mass is 10.2. The molecular formula is C17H16BrN3O4. The number of hydrogen-bond acceptors (Lipinski definition) is 6. The van der Waals surface area contributed by atoms with Gasteiger partial charge in [0.15, 0.2) is 0 Å². The Morgan fingerprint density at radius 3 is 2.56 bits per heavy atom. The quantitative estimate of drug-likeness (QED) is 0.476. The van der Waals surface area contributed by atoms with Gasteiger partial charge in [0.1, 0.15) is 0 Å². The molecule has 1 fully saturated rings. The van der Waals surface area contributed by atoms with Crippen LogP contribution in [0.4, 0.5) is 17.1 Å². The number of rotatable bonds is 4. The van der Waals surface area contributed by atoms with Crippen molar-refractivity contribution in [3.63, 3.8) is 0 Å². The molecule has 0 atom stereocenters. The topological polar surface area (TPSA) is 88.2 Å². The van der Waals surface area contributed by atoms with Gasteiger partial charge in [-0.3, -0.25) is 15.1 Å². The highest BCUT2D eigenvalue weighted by Crippen LogP contribution is 2.32. The van der Waals surface area contributed by atoms with Crippen molar-refractivity contribution in [2.24, 2.45) is 4.99 Å². The number of phenols is 1. The summed E-state index contributed by atoms with van der Waals surface area (Å²) in [5, 5.41) is 21.0. The van der Waals surface area contributed by atoms with Gasteiger partial charge in [0, 0.05) is 41.1 Å². The Morgan fingerprint density at radius 1 is 1.24 bits per heavy atom. The second kappa shape index (κ2) is 7.62. The number of halogens is 1. The molecule has 0 aliphatic carbocycles. The van der Waals surface area contributed by atoms with E-state index in [1.807, 2.05) is 24.3 Å². The zero-order valence-corrected chi connectivity index (χ0v) is 14.8. The van der Waals surface area contributed by atoms with Gasteiger partial charge in [-0.05, 0) is 30.3 Å². The minimum Gasteiger partial charge on any atom is -0.502 e. The van der Waals surface area contributed by atoms with Crippen molar-refractivity contribution < 1.29 is 14.8 Å². The molecule has 8 heteroatoms. The first kappa shape index (κ1) is 17.4. The number of phenolic OH excluding ortho intramolecular Hbond substituents is 1. The molecular weight excluding hydrogens is 390 g/mol. The normalized spacial score (nSPS) is 14.8. The Labute approximate surface area is 152 Å². The van der Waals surface area contributed by atoms with Gasteiger partial charge >= 0.3 is 5.69 Å². The fourth-order valence-corrected chi connectivity index (χ4v) is 3.02. The number of hydrogen-bond donors (Lipinski definition) is 1. The Kier molecular flexibility index (Phi) is 5.30. The van der Waals surface area contributed by atoms with Crippen LogP contribution in [0.2, 0.25) is 0 Å². The number of nitrogens with zero attached hydrogens (tertiary/aromatic N) is 3. The number of aliphatic imine (C=N–C) groups is 1. The minimum atomic E-state index is -0.630. The van der Waals surface area contributed by atoms with Gasteiger partial charge in [-0.25, -0.2) is 0 Å². The molecule has 0 saturated carbocycles. The first-order valence-corrected chi connectivity index (χ1v) is 8.47. The monoisotopic (exact) mass is 405 g/mol. The summed E-state index contributed by atoms with van der Waals surface area (Å²) in [5.74, 6) is -0.401. The fraction of sp³-hybridized carbons (Fsp3) is 0.235. The SMILES string of the molecule is O=[N+]([O-])c1cc(Br)cc(C=Nc2ccc(N3CCOCC3)cc2)c1O. The summed E-state index contributed by atoms with van der Waals surface area (Å²) in [7, 11) is 0. The molecule has 7 nitrogen and oxygen atoms in total. The van der Waals surface area contributed by atoms with E-state index in [-0.39, 0.29) is 11.3 Å². The predicted molar refractivity (Wildman–Crippen MR) is 99.2 cm³/mol. The maximum atomic E-state index is 11.0. The van der Waals surface area contributed by atoms with E-state index in [1.165, 1.54) is 12.3 Å². The first-order chi connectivity index (χ1) is 12.0. The van der Waals surface area contributed by atoms with E-state index in [0.29, 0.717) is 10.2 Å². The van der Waals surface area contributed by atoms with E-state index in [1.54, 1.807) is 6.07 Å². The lowest BCUT2D eigenvalue weighted by Gasteiger charge is -2.28. The van der Waals surface area contributed by atoms with E-state index < -0.39 is 10.7 Å². The highest BCUT2D eigenvalue weighted by atomic mass is 79.9. The molecule has 0 spiro atoms. The molecule has 1 heterocycles. The second-order valence-electron chi connectivity index (χ2n) is 5.49. The van der Waals surface area contributed by atoms with E-state index in [0.717, 1.165) is 32.0 Å². The number of ether oxygens (including phenoxy) is 1. The van der Waals surface area contributed by atoms with Crippen LogP contribution in [0.25, 0.3) is 0 Å². The van der Waals surface area contributed by atoms with Gasteiger partial charge in [0.25, 0.3) is 0 Å². The summed E-state index contributed by atoms with van der Waals surface area (Å²) in [4.78, 5) is 16.9. The molecule has 0 amide bonds. The van der Waals surface area contributed by atoms with Crippen LogP contribution < -0.4 is 4.90 Å². The summed E-state index contributed by atoms with van der Waals surface area (Å²) >= 11 is 3.20. The summed E-state index contributed by atoms with van der Waals surface area (Å²) in [6, 6.07) is 10.5. The van der Waals surface area contributed by atoms with Crippen LogP contribution in [-0.2, 0) is 4.74 Å². The maximum Gasteiger partial charge on any atom is 0.312 e. The van der Waals surface area contributed by atoms with E-state index >= 15 is 0 Å². The van der Waals surface area contributed by atoms with Crippen molar-refractivity contribution in [1.29, 1.82) is 0 Å². The Bertz CT molecular complexity index is 802. The average molecular weight is 406 g/mol. The van der Waals surface area contributed by atoms with Crippen molar-refractivity contribution in [2.75, 3.05) is 31.2 Å². The molecule has 1 aliphatic heterocycles. The van der Waals surface area contributed by atoms with Crippen molar-refractivity contribution in [2.45, 2.75) is 0 Å².